The highest BCUT2D eigenvalue weighted by Gasteiger charge is 2.18. The number of halogens is 3. The molecule has 0 fully saturated rings. The van der Waals surface area contributed by atoms with Crippen LogP contribution in [-0.2, 0) is 0 Å². The van der Waals surface area contributed by atoms with Gasteiger partial charge >= 0.3 is 0 Å². The predicted molar refractivity (Wildman–Crippen MR) is 74.1 cm³/mol. The molecule has 0 spiro atoms. The van der Waals surface area contributed by atoms with Crippen molar-refractivity contribution in [1.82, 2.24) is 4.90 Å². The van der Waals surface area contributed by atoms with Crippen molar-refractivity contribution >= 4 is 49.4 Å². The Labute approximate surface area is 117 Å². The van der Waals surface area contributed by atoms with Crippen molar-refractivity contribution < 1.29 is 4.79 Å². The van der Waals surface area contributed by atoms with Gasteiger partial charge < -0.3 is 4.90 Å². The van der Waals surface area contributed by atoms with Crippen LogP contribution in [0.2, 0.25) is 5.02 Å². The lowest BCUT2D eigenvalue weighted by atomic mass is 10.2. The molecule has 0 atom stereocenters. The maximum atomic E-state index is 12.1. The molecule has 0 saturated carbocycles. The van der Waals surface area contributed by atoms with Crippen molar-refractivity contribution in [3.8, 4) is 0 Å². The van der Waals surface area contributed by atoms with Gasteiger partial charge in [-0.05, 0) is 41.9 Å². The van der Waals surface area contributed by atoms with Gasteiger partial charge in [0.1, 0.15) is 0 Å². The van der Waals surface area contributed by atoms with Crippen molar-refractivity contribution in [1.29, 1.82) is 0 Å². The lowest BCUT2D eigenvalue weighted by Gasteiger charge is -2.19. The van der Waals surface area contributed by atoms with Crippen molar-refractivity contribution in [2.75, 3.05) is 13.1 Å². The molecule has 0 aliphatic rings. The Bertz CT molecular complexity index is 405. The molecular weight excluding hydrogens is 357 g/mol. The van der Waals surface area contributed by atoms with Crippen LogP contribution in [0.3, 0.4) is 0 Å². The van der Waals surface area contributed by atoms with Crippen LogP contribution >= 0.6 is 43.5 Å². The Hall–Kier alpha value is -0.0600. The predicted octanol–water partition coefficient (Wildman–Crippen LogP) is 4.35. The fourth-order valence-corrected chi connectivity index (χ4v) is 2.81. The average molecular weight is 369 g/mol. The van der Waals surface area contributed by atoms with Crippen LogP contribution in [0.4, 0.5) is 0 Å². The highest BCUT2D eigenvalue weighted by atomic mass is 79.9. The van der Waals surface area contributed by atoms with E-state index in [1.807, 2.05) is 19.9 Å². The Morgan fingerprint density at radius 3 is 2.38 bits per heavy atom. The number of hydrogen-bond acceptors (Lipinski definition) is 1. The zero-order valence-electron chi connectivity index (χ0n) is 9.06. The summed E-state index contributed by atoms with van der Waals surface area (Å²) in [6, 6.07) is 3.56. The van der Waals surface area contributed by atoms with Crippen LogP contribution in [0.5, 0.6) is 0 Å². The number of hydrogen-bond donors (Lipinski definition) is 0. The largest absolute Gasteiger partial charge is 0.339 e. The third-order valence-electron chi connectivity index (χ3n) is 2.27. The van der Waals surface area contributed by atoms with Gasteiger partial charge in [0.15, 0.2) is 0 Å². The summed E-state index contributed by atoms with van der Waals surface area (Å²) < 4.78 is 1.55. The van der Waals surface area contributed by atoms with Gasteiger partial charge in [0, 0.05) is 22.0 Å². The fourth-order valence-electron chi connectivity index (χ4n) is 1.39. The van der Waals surface area contributed by atoms with Gasteiger partial charge in [-0.25, -0.2) is 0 Å². The maximum absolute atomic E-state index is 12.1. The topological polar surface area (TPSA) is 20.3 Å². The van der Waals surface area contributed by atoms with Gasteiger partial charge in [0.2, 0.25) is 0 Å². The molecule has 0 aliphatic carbocycles. The minimum atomic E-state index is -0.0444. The number of amides is 1. The van der Waals surface area contributed by atoms with Gasteiger partial charge in [-0.2, -0.15) is 0 Å². The van der Waals surface area contributed by atoms with Crippen molar-refractivity contribution in [2.24, 2.45) is 0 Å². The molecule has 0 aromatic heterocycles. The summed E-state index contributed by atoms with van der Waals surface area (Å²) in [5, 5.41) is 0.458. The SMILES string of the molecule is CCN(CC)C(=O)c1cc(Br)cc(Br)c1Cl. The Morgan fingerprint density at radius 2 is 1.88 bits per heavy atom. The first-order chi connectivity index (χ1) is 7.51. The monoisotopic (exact) mass is 367 g/mol. The van der Waals surface area contributed by atoms with Crippen LogP contribution < -0.4 is 0 Å². The zero-order chi connectivity index (χ0) is 12.3. The van der Waals surface area contributed by atoms with Gasteiger partial charge in [-0.1, -0.05) is 27.5 Å². The van der Waals surface area contributed by atoms with E-state index in [0.717, 1.165) is 8.95 Å². The Kier molecular flexibility index (Phi) is 5.28. The molecule has 0 heterocycles. The van der Waals surface area contributed by atoms with Gasteiger partial charge in [0.05, 0.1) is 10.6 Å². The molecule has 0 bridgehead atoms. The second kappa shape index (κ2) is 6.03. The summed E-state index contributed by atoms with van der Waals surface area (Å²) >= 11 is 12.8. The van der Waals surface area contributed by atoms with E-state index in [1.165, 1.54) is 0 Å². The van der Waals surface area contributed by atoms with E-state index < -0.39 is 0 Å². The first-order valence-corrected chi connectivity index (χ1v) is 6.91. The smallest absolute Gasteiger partial charge is 0.255 e. The molecule has 0 saturated heterocycles. The Balaban J connectivity index is 3.17. The van der Waals surface area contributed by atoms with Crippen LogP contribution in [0.15, 0.2) is 21.1 Å². The van der Waals surface area contributed by atoms with Crippen LogP contribution in [-0.4, -0.2) is 23.9 Å². The molecule has 2 nitrogen and oxygen atoms in total. The van der Waals surface area contributed by atoms with E-state index in [2.05, 4.69) is 31.9 Å². The highest BCUT2D eigenvalue weighted by Crippen LogP contribution is 2.31. The second-order valence-corrected chi connectivity index (χ2v) is 5.37. The molecule has 0 N–H and O–H groups in total. The second-order valence-electron chi connectivity index (χ2n) is 3.23. The summed E-state index contributed by atoms with van der Waals surface area (Å²) in [4.78, 5) is 13.9. The van der Waals surface area contributed by atoms with Crippen LogP contribution in [0.1, 0.15) is 24.2 Å². The first kappa shape index (κ1) is 14.0. The molecule has 5 heteroatoms. The number of benzene rings is 1. The van der Waals surface area contributed by atoms with Gasteiger partial charge in [-0.15, -0.1) is 0 Å². The third kappa shape index (κ3) is 2.99. The standard InChI is InChI=1S/C11H12Br2ClNO/c1-3-15(4-2)11(16)8-5-7(12)6-9(13)10(8)14/h5-6H,3-4H2,1-2H3. The van der Waals surface area contributed by atoms with Gasteiger partial charge in [-0.3, -0.25) is 4.79 Å². The molecule has 88 valence electrons. The molecule has 16 heavy (non-hydrogen) atoms. The van der Waals surface area contributed by atoms with Gasteiger partial charge in [0.25, 0.3) is 5.91 Å². The minimum Gasteiger partial charge on any atom is -0.339 e. The summed E-state index contributed by atoms with van der Waals surface area (Å²) in [5.41, 5.74) is 0.520. The van der Waals surface area contributed by atoms with E-state index in [4.69, 9.17) is 11.6 Å². The Morgan fingerprint density at radius 1 is 1.31 bits per heavy atom. The van der Waals surface area contributed by atoms with E-state index in [1.54, 1.807) is 11.0 Å². The molecular formula is C11H12Br2ClNO. The molecule has 1 aromatic carbocycles. The first-order valence-electron chi connectivity index (χ1n) is 4.95. The summed E-state index contributed by atoms with van der Waals surface area (Å²) in [6.45, 7) is 5.25. The number of carbonyl (C=O) groups excluding carboxylic acids is 1. The average Bonchev–Trinajstić information content (AvgIpc) is 2.24. The molecule has 1 amide bonds. The number of nitrogens with zero attached hydrogens (tertiary/aromatic N) is 1. The molecule has 0 unspecified atom stereocenters. The van der Waals surface area contributed by atoms with E-state index in [9.17, 15) is 4.79 Å². The van der Waals surface area contributed by atoms with Crippen LogP contribution in [0, 0.1) is 0 Å². The molecule has 0 radical (unpaired) electrons. The van der Waals surface area contributed by atoms with E-state index in [0.29, 0.717) is 23.7 Å². The van der Waals surface area contributed by atoms with E-state index >= 15 is 0 Å². The number of carbonyl (C=O) groups is 1. The normalized spacial score (nSPS) is 10.3. The van der Waals surface area contributed by atoms with Crippen LogP contribution in [0.25, 0.3) is 0 Å². The number of rotatable bonds is 3. The summed E-state index contributed by atoms with van der Waals surface area (Å²) in [5.74, 6) is -0.0444. The van der Waals surface area contributed by atoms with Crippen molar-refractivity contribution in [2.45, 2.75) is 13.8 Å². The summed E-state index contributed by atoms with van der Waals surface area (Å²) in [6.07, 6.45) is 0. The quantitative estimate of drug-likeness (QED) is 0.726. The minimum absolute atomic E-state index is 0.0444. The third-order valence-corrected chi connectivity index (χ3v) is 3.99. The van der Waals surface area contributed by atoms with E-state index in [-0.39, 0.29) is 5.91 Å². The van der Waals surface area contributed by atoms with Crippen molar-refractivity contribution in [3.63, 3.8) is 0 Å². The molecule has 1 aromatic rings. The fraction of sp³-hybridized carbons (Fsp3) is 0.364. The zero-order valence-corrected chi connectivity index (χ0v) is 13.0. The maximum Gasteiger partial charge on any atom is 0.255 e. The van der Waals surface area contributed by atoms with Crippen molar-refractivity contribution in [3.05, 3.63) is 31.7 Å². The lowest BCUT2D eigenvalue weighted by molar-refractivity contribution is 0.0773. The highest BCUT2D eigenvalue weighted by molar-refractivity contribution is 9.11. The summed E-state index contributed by atoms with van der Waals surface area (Å²) in [7, 11) is 0. The molecule has 0 aliphatic heterocycles. The molecule has 1 rings (SSSR count). The lowest BCUT2D eigenvalue weighted by Crippen LogP contribution is -2.30.